The summed E-state index contributed by atoms with van der Waals surface area (Å²) in [5.41, 5.74) is 0.832. The Kier molecular flexibility index (Phi) is 8.89. The molecule has 1 aliphatic heterocycles. The van der Waals surface area contributed by atoms with Crippen LogP contribution in [0.3, 0.4) is 0 Å². The van der Waals surface area contributed by atoms with Gasteiger partial charge in [0.05, 0.1) is 35.0 Å². The number of anilines is 2. The Hall–Kier alpha value is -2.06. The predicted molar refractivity (Wildman–Crippen MR) is 150 cm³/mol. The van der Waals surface area contributed by atoms with Gasteiger partial charge in [0.25, 0.3) is 0 Å². The fourth-order valence-corrected chi connectivity index (χ4v) is 6.03. The van der Waals surface area contributed by atoms with Crippen molar-refractivity contribution in [3.05, 3.63) is 46.5 Å². The van der Waals surface area contributed by atoms with Gasteiger partial charge in [-0.3, -0.25) is 0 Å². The van der Waals surface area contributed by atoms with Crippen LogP contribution in [0.25, 0.3) is 10.9 Å². The largest absolute Gasteiger partial charge is 0.493 e. The number of methoxy groups -OCH3 is 1. The summed E-state index contributed by atoms with van der Waals surface area (Å²) in [6, 6.07) is 6.72. The lowest BCUT2D eigenvalue weighted by atomic mass is 10.0. The highest BCUT2D eigenvalue weighted by atomic mass is 35.5. The first-order valence-corrected chi connectivity index (χ1v) is 13.2. The van der Waals surface area contributed by atoms with E-state index in [1.165, 1.54) is 50.9 Å². The summed E-state index contributed by atoms with van der Waals surface area (Å²) in [6.07, 6.45) is 3.85. The molecule has 2 heterocycles. The minimum absolute atomic E-state index is 0. The summed E-state index contributed by atoms with van der Waals surface area (Å²) in [5.74, 6) is 3.82. The molecule has 1 aromatic heterocycles. The number of ether oxygens (including phenoxy) is 2. The molecule has 0 unspecified atom stereocenters. The summed E-state index contributed by atoms with van der Waals surface area (Å²) >= 11 is 11.9. The SMILES string of the molecule is COc1cc2c(Nc3ccc(Cl)c(Cl)c3F)ncnc2cc1OC[C@H]1C[C@@H]2CN(CC(C)C)C[C@@H]2C1.Cl. The lowest BCUT2D eigenvalue weighted by molar-refractivity contribution is 0.216. The van der Waals surface area contributed by atoms with Crippen molar-refractivity contribution in [3.8, 4) is 11.5 Å². The summed E-state index contributed by atoms with van der Waals surface area (Å²) in [5, 5.41) is 3.68. The summed E-state index contributed by atoms with van der Waals surface area (Å²) in [7, 11) is 1.60. The van der Waals surface area contributed by atoms with E-state index in [1.807, 2.05) is 12.1 Å². The van der Waals surface area contributed by atoms with Gasteiger partial charge in [0.2, 0.25) is 0 Å². The predicted octanol–water partition coefficient (Wildman–Crippen LogP) is 7.24. The van der Waals surface area contributed by atoms with E-state index >= 15 is 0 Å². The molecule has 0 bridgehead atoms. The quantitative estimate of drug-likeness (QED) is 0.289. The summed E-state index contributed by atoms with van der Waals surface area (Å²) < 4.78 is 26.5. The number of aromatic nitrogens is 2. The number of nitrogens with zero attached hydrogens (tertiary/aromatic N) is 3. The van der Waals surface area contributed by atoms with Gasteiger partial charge in [-0.15, -0.1) is 12.4 Å². The molecule has 5 rings (SSSR count). The average molecular weight is 570 g/mol. The van der Waals surface area contributed by atoms with Crippen LogP contribution in [0, 0.1) is 29.5 Å². The Labute approximate surface area is 233 Å². The molecule has 3 atom stereocenters. The fourth-order valence-electron chi connectivity index (χ4n) is 5.72. The second kappa shape index (κ2) is 11.8. The Morgan fingerprint density at radius 2 is 1.84 bits per heavy atom. The van der Waals surface area contributed by atoms with Gasteiger partial charge >= 0.3 is 0 Å². The highest BCUT2D eigenvalue weighted by molar-refractivity contribution is 6.42. The van der Waals surface area contributed by atoms with Crippen LogP contribution >= 0.6 is 35.6 Å². The topological polar surface area (TPSA) is 59.5 Å². The molecule has 2 aromatic carbocycles. The molecule has 1 N–H and O–H groups in total. The van der Waals surface area contributed by atoms with Crippen LogP contribution in [0.2, 0.25) is 10.0 Å². The molecule has 0 spiro atoms. The van der Waals surface area contributed by atoms with E-state index in [-0.39, 0.29) is 28.1 Å². The number of fused-ring (bicyclic) bond motifs is 2. The van der Waals surface area contributed by atoms with Crippen LogP contribution in [0.15, 0.2) is 30.6 Å². The zero-order valence-electron chi connectivity index (χ0n) is 21.1. The van der Waals surface area contributed by atoms with Gasteiger partial charge in [0.1, 0.15) is 12.1 Å². The molecule has 10 heteroatoms. The van der Waals surface area contributed by atoms with E-state index < -0.39 is 5.82 Å². The number of nitrogens with one attached hydrogen (secondary N) is 1. The van der Waals surface area contributed by atoms with Crippen molar-refractivity contribution in [1.29, 1.82) is 0 Å². The molecule has 37 heavy (non-hydrogen) atoms. The fraction of sp³-hybridized carbons (Fsp3) is 0.481. The molecular formula is C27H32Cl3FN4O2. The van der Waals surface area contributed by atoms with Gasteiger partial charge in [-0.05, 0) is 54.7 Å². The third-order valence-electron chi connectivity index (χ3n) is 7.23. The van der Waals surface area contributed by atoms with E-state index in [1.54, 1.807) is 7.11 Å². The van der Waals surface area contributed by atoms with Crippen molar-refractivity contribution in [3.63, 3.8) is 0 Å². The number of benzene rings is 2. The normalized spacial score (nSPS) is 21.2. The zero-order valence-corrected chi connectivity index (χ0v) is 23.5. The van der Waals surface area contributed by atoms with Gasteiger partial charge in [-0.1, -0.05) is 37.0 Å². The third-order valence-corrected chi connectivity index (χ3v) is 8.01. The molecule has 0 radical (unpaired) electrons. The molecule has 200 valence electrons. The highest BCUT2D eigenvalue weighted by Gasteiger charge is 2.41. The third kappa shape index (κ3) is 6.00. The second-order valence-corrected chi connectivity index (χ2v) is 11.2. The molecular weight excluding hydrogens is 538 g/mol. The molecule has 3 aromatic rings. The average Bonchev–Trinajstić information content (AvgIpc) is 3.40. The first-order chi connectivity index (χ1) is 17.3. The minimum Gasteiger partial charge on any atom is -0.493 e. The zero-order chi connectivity index (χ0) is 25.4. The van der Waals surface area contributed by atoms with Crippen molar-refractivity contribution in [2.75, 3.05) is 38.7 Å². The Bertz CT molecular complexity index is 1250. The Morgan fingerprint density at radius 3 is 2.51 bits per heavy atom. The van der Waals surface area contributed by atoms with Crippen LogP contribution in [0.4, 0.5) is 15.9 Å². The molecule has 2 fully saturated rings. The monoisotopic (exact) mass is 568 g/mol. The Morgan fingerprint density at radius 1 is 1.11 bits per heavy atom. The van der Waals surface area contributed by atoms with Gasteiger partial charge in [0, 0.05) is 31.1 Å². The second-order valence-electron chi connectivity index (χ2n) is 10.4. The number of hydrogen-bond acceptors (Lipinski definition) is 6. The van der Waals surface area contributed by atoms with Crippen molar-refractivity contribution in [2.24, 2.45) is 23.7 Å². The lowest BCUT2D eigenvalue weighted by Crippen LogP contribution is -2.27. The molecule has 1 aliphatic carbocycles. The number of rotatable bonds is 8. The van der Waals surface area contributed by atoms with Crippen molar-refractivity contribution in [2.45, 2.75) is 26.7 Å². The van der Waals surface area contributed by atoms with E-state index in [9.17, 15) is 4.39 Å². The van der Waals surface area contributed by atoms with Crippen LogP contribution < -0.4 is 14.8 Å². The maximum atomic E-state index is 14.6. The van der Waals surface area contributed by atoms with E-state index in [0.717, 1.165) is 11.8 Å². The van der Waals surface area contributed by atoms with E-state index in [4.69, 9.17) is 32.7 Å². The minimum atomic E-state index is -0.642. The van der Waals surface area contributed by atoms with Gasteiger partial charge in [0.15, 0.2) is 17.3 Å². The molecule has 1 saturated heterocycles. The lowest BCUT2D eigenvalue weighted by Gasteiger charge is -2.21. The van der Waals surface area contributed by atoms with Crippen molar-refractivity contribution >= 4 is 58.0 Å². The number of likely N-dealkylation sites (tertiary alicyclic amines) is 1. The van der Waals surface area contributed by atoms with Crippen LogP contribution in [-0.2, 0) is 0 Å². The van der Waals surface area contributed by atoms with Crippen molar-refractivity contribution in [1.82, 2.24) is 14.9 Å². The van der Waals surface area contributed by atoms with Crippen molar-refractivity contribution < 1.29 is 13.9 Å². The van der Waals surface area contributed by atoms with Crippen LogP contribution in [-0.4, -0.2) is 48.2 Å². The van der Waals surface area contributed by atoms with E-state index in [0.29, 0.717) is 46.7 Å². The molecule has 1 saturated carbocycles. The maximum Gasteiger partial charge on any atom is 0.166 e. The van der Waals surface area contributed by atoms with Gasteiger partial charge in [-0.2, -0.15) is 0 Å². The molecule has 6 nitrogen and oxygen atoms in total. The smallest absolute Gasteiger partial charge is 0.166 e. The highest BCUT2D eigenvalue weighted by Crippen LogP contribution is 2.43. The maximum absolute atomic E-state index is 14.6. The Balaban J connectivity index is 0.00000320. The standard InChI is InChI=1S/C27H31Cl2FN4O2.ClH/c1-15(2)10-34-11-17-6-16(7-18(17)12-34)13-36-24-9-22-19(8-23(24)35-3)27(32-14-31-22)33-21-5-4-20(28)25(29)26(21)30;/h4-5,8-9,14-18H,6-7,10-13H2,1-3H3,(H,31,32,33);1H/t16-,17+,18-;. The van der Waals surface area contributed by atoms with E-state index in [2.05, 4.69) is 34.0 Å². The van der Waals surface area contributed by atoms with Crippen LogP contribution in [0.5, 0.6) is 11.5 Å². The van der Waals surface area contributed by atoms with Gasteiger partial charge in [-0.25, -0.2) is 14.4 Å². The first-order valence-electron chi connectivity index (χ1n) is 12.4. The van der Waals surface area contributed by atoms with Crippen LogP contribution in [0.1, 0.15) is 26.7 Å². The summed E-state index contributed by atoms with van der Waals surface area (Å²) in [6.45, 7) is 8.85. The first kappa shape index (κ1) is 28.0. The van der Waals surface area contributed by atoms with Gasteiger partial charge < -0.3 is 19.7 Å². The number of halogens is 4. The summed E-state index contributed by atoms with van der Waals surface area (Å²) in [4.78, 5) is 11.3. The molecule has 2 aliphatic rings. The molecule has 0 amide bonds. The number of hydrogen-bond donors (Lipinski definition) is 1.